The zero-order valence-electron chi connectivity index (χ0n) is 16.4. The summed E-state index contributed by atoms with van der Waals surface area (Å²) in [4.78, 5) is 9.72. The SMILES string of the molecule is c1ccc2c(c1)nc(SCCSc1nc3ccccc3n1C[C@H]1CO1)n2C[C@H]1CO1. The van der Waals surface area contributed by atoms with E-state index in [9.17, 15) is 0 Å². The van der Waals surface area contributed by atoms with Crippen molar-refractivity contribution in [3.8, 4) is 0 Å². The van der Waals surface area contributed by atoms with Crippen LogP contribution in [0.15, 0.2) is 58.8 Å². The Balaban J connectivity index is 1.16. The summed E-state index contributed by atoms with van der Waals surface area (Å²) in [6.45, 7) is 3.47. The molecule has 2 aromatic carbocycles. The lowest BCUT2D eigenvalue weighted by Crippen LogP contribution is -2.06. The maximum Gasteiger partial charge on any atom is 0.169 e. The first-order valence-electron chi connectivity index (χ1n) is 10.2. The van der Waals surface area contributed by atoms with Gasteiger partial charge < -0.3 is 18.6 Å². The molecule has 2 saturated heterocycles. The van der Waals surface area contributed by atoms with Crippen LogP contribution in [0.2, 0.25) is 0 Å². The van der Waals surface area contributed by atoms with Crippen molar-refractivity contribution in [1.82, 2.24) is 19.1 Å². The molecule has 0 amide bonds. The molecule has 0 radical (unpaired) electrons. The molecule has 0 unspecified atom stereocenters. The minimum absolute atomic E-state index is 0.334. The topological polar surface area (TPSA) is 60.7 Å². The molecular weight excluding hydrogens is 416 g/mol. The first kappa shape index (κ1) is 18.7. The maximum absolute atomic E-state index is 5.46. The number of hydrogen-bond acceptors (Lipinski definition) is 6. The lowest BCUT2D eigenvalue weighted by atomic mass is 10.3. The second-order valence-corrected chi connectivity index (χ2v) is 9.72. The number of benzene rings is 2. The minimum Gasteiger partial charge on any atom is -0.371 e. The molecule has 0 spiro atoms. The van der Waals surface area contributed by atoms with Crippen molar-refractivity contribution in [3.05, 3.63) is 48.5 Å². The number of ether oxygens (including phenoxy) is 2. The number of imidazole rings is 2. The highest BCUT2D eigenvalue weighted by Gasteiger charge is 2.26. The summed E-state index contributed by atoms with van der Waals surface area (Å²) in [5.74, 6) is 1.95. The van der Waals surface area contributed by atoms with Crippen molar-refractivity contribution in [1.29, 1.82) is 0 Å². The molecule has 2 aromatic heterocycles. The van der Waals surface area contributed by atoms with Gasteiger partial charge in [-0.15, -0.1) is 0 Å². The van der Waals surface area contributed by atoms with E-state index < -0.39 is 0 Å². The van der Waals surface area contributed by atoms with E-state index in [1.165, 1.54) is 11.0 Å². The largest absolute Gasteiger partial charge is 0.371 e. The molecule has 4 heterocycles. The van der Waals surface area contributed by atoms with Crippen LogP contribution in [0.25, 0.3) is 22.1 Å². The lowest BCUT2D eigenvalue weighted by molar-refractivity contribution is 0.379. The molecule has 0 aliphatic carbocycles. The second kappa shape index (κ2) is 7.92. The summed E-state index contributed by atoms with van der Waals surface area (Å²) in [5, 5.41) is 2.15. The van der Waals surface area contributed by atoms with Crippen LogP contribution in [-0.2, 0) is 22.6 Å². The Hall–Kier alpha value is -2.00. The Morgan fingerprint density at radius 3 is 1.60 bits per heavy atom. The fourth-order valence-corrected chi connectivity index (χ4v) is 5.72. The van der Waals surface area contributed by atoms with Gasteiger partial charge in [-0.05, 0) is 24.3 Å². The quantitative estimate of drug-likeness (QED) is 0.223. The van der Waals surface area contributed by atoms with E-state index in [0.29, 0.717) is 12.2 Å². The smallest absolute Gasteiger partial charge is 0.169 e. The van der Waals surface area contributed by atoms with E-state index in [0.717, 1.165) is 59.2 Å². The fraction of sp³-hybridized carbons (Fsp3) is 0.364. The van der Waals surface area contributed by atoms with Crippen LogP contribution >= 0.6 is 23.5 Å². The summed E-state index contributed by atoms with van der Waals surface area (Å²) >= 11 is 3.63. The van der Waals surface area contributed by atoms with Crippen molar-refractivity contribution >= 4 is 45.6 Å². The number of nitrogens with zero attached hydrogens (tertiary/aromatic N) is 4. The average molecular weight is 439 g/mol. The van der Waals surface area contributed by atoms with Crippen LogP contribution in [0.1, 0.15) is 0 Å². The molecule has 0 bridgehead atoms. The fourth-order valence-electron chi connectivity index (χ4n) is 3.70. The summed E-state index contributed by atoms with van der Waals surface area (Å²) in [5.41, 5.74) is 4.49. The predicted molar refractivity (Wildman–Crippen MR) is 120 cm³/mol. The van der Waals surface area contributed by atoms with Crippen molar-refractivity contribution < 1.29 is 9.47 Å². The third-order valence-corrected chi connectivity index (χ3v) is 7.58. The lowest BCUT2D eigenvalue weighted by Gasteiger charge is -2.08. The molecule has 154 valence electrons. The molecule has 2 atom stereocenters. The normalized spacial score (nSPS) is 20.3. The van der Waals surface area contributed by atoms with E-state index in [1.54, 1.807) is 0 Å². The van der Waals surface area contributed by atoms with Crippen molar-refractivity contribution in [2.75, 3.05) is 24.7 Å². The second-order valence-electron chi connectivity index (χ2n) is 7.60. The highest BCUT2D eigenvalue weighted by Crippen LogP contribution is 2.30. The van der Waals surface area contributed by atoms with Crippen LogP contribution in [0.3, 0.4) is 0 Å². The third kappa shape index (κ3) is 3.85. The van der Waals surface area contributed by atoms with Gasteiger partial charge in [-0.2, -0.15) is 0 Å². The van der Waals surface area contributed by atoms with Crippen LogP contribution in [0.5, 0.6) is 0 Å². The van der Waals surface area contributed by atoms with Gasteiger partial charge in [0.05, 0.1) is 60.6 Å². The monoisotopic (exact) mass is 438 g/mol. The molecule has 4 aromatic rings. The summed E-state index contributed by atoms with van der Waals surface area (Å²) in [6.07, 6.45) is 0.668. The van der Waals surface area contributed by atoms with Gasteiger partial charge in [-0.25, -0.2) is 9.97 Å². The van der Waals surface area contributed by atoms with Gasteiger partial charge in [0.1, 0.15) is 0 Å². The molecule has 30 heavy (non-hydrogen) atoms. The van der Waals surface area contributed by atoms with E-state index in [-0.39, 0.29) is 0 Å². The van der Waals surface area contributed by atoms with Gasteiger partial charge in [-0.1, -0.05) is 47.8 Å². The van der Waals surface area contributed by atoms with E-state index in [1.807, 2.05) is 35.7 Å². The van der Waals surface area contributed by atoms with Crippen molar-refractivity contribution in [3.63, 3.8) is 0 Å². The van der Waals surface area contributed by atoms with Gasteiger partial charge in [0, 0.05) is 11.5 Å². The van der Waals surface area contributed by atoms with Gasteiger partial charge >= 0.3 is 0 Å². The number of hydrogen-bond donors (Lipinski definition) is 0. The summed E-state index contributed by atoms with van der Waals surface area (Å²) in [7, 11) is 0. The molecule has 2 aliphatic rings. The number of para-hydroxylation sites is 4. The zero-order chi connectivity index (χ0) is 19.9. The Bertz CT molecular complexity index is 1100. The molecule has 8 heteroatoms. The third-order valence-electron chi connectivity index (χ3n) is 5.36. The number of rotatable bonds is 9. The van der Waals surface area contributed by atoms with Crippen LogP contribution in [0, 0.1) is 0 Å². The molecule has 6 rings (SSSR count). The van der Waals surface area contributed by atoms with Gasteiger partial charge in [0.25, 0.3) is 0 Å². The van der Waals surface area contributed by atoms with E-state index >= 15 is 0 Å². The number of thioether (sulfide) groups is 2. The standard InChI is InChI=1S/C22H22N4O2S2/c1-3-7-19-17(5-1)23-21(25(19)11-15-13-27-15)29-9-10-30-22-24-18-6-2-4-8-20(18)26(22)12-16-14-28-16/h1-8,15-16H,9-14H2/t15-,16-/m0/s1. The first-order chi connectivity index (χ1) is 14.8. The number of epoxide rings is 2. The molecular formula is C22H22N4O2S2. The summed E-state index contributed by atoms with van der Waals surface area (Å²) < 4.78 is 15.5. The highest BCUT2D eigenvalue weighted by atomic mass is 32.2. The van der Waals surface area contributed by atoms with Crippen LogP contribution in [-0.4, -0.2) is 56.0 Å². The predicted octanol–water partition coefficient (Wildman–Crippen LogP) is 4.07. The molecule has 2 fully saturated rings. The Morgan fingerprint density at radius 2 is 1.17 bits per heavy atom. The first-order valence-corrected chi connectivity index (χ1v) is 12.2. The Morgan fingerprint density at radius 1 is 0.733 bits per heavy atom. The number of aromatic nitrogens is 4. The van der Waals surface area contributed by atoms with Crippen molar-refractivity contribution in [2.24, 2.45) is 0 Å². The summed E-state index contributed by atoms with van der Waals surface area (Å²) in [6, 6.07) is 16.7. The zero-order valence-corrected chi connectivity index (χ0v) is 18.1. The van der Waals surface area contributed by atoms with Gasteiger partial charge in [0.15, 0.2) is 10.3 Å². The Kier molecular flexibility index (Phi) is 4.95. The van der Waals surface area contributed by atoms with Crippen LogP contribution < -0.4 is 0 Å². The Labute approximate surface area is 183 Å². The minimum atomic E-state index is 0.334. The molecule has 0 N–H and O–H groups in total. The highest BCUT2D eigenvalue weighted by molar-refractivity contribution is 8.02. The maximum atomic E-state index is 5.46. The molecule has 2 aliphatic heterocycles. The van der Waals surface area contributed by atoms with E-state index in [4.69, 9.17) is 19.4 Å². The van der Waals surface area contributed by atoms with Crippen molar-refractivity contribution in [2.45, 2.75) is 35.6 Å². The number of fused-ring (bicyclic) bond motifs is 2. The van der Waals surface area contributed by atoms with Gasteiger partial charge in [0.2, 0.25) is 0 Å². The molecule has 0 saturated carbocycles. The van der Waals surface area contributed by atoms with Gasteiger partial charge in [-0.3, -0.25) is 0 Å². The van der Waals surface area contributed by atoms with Crippen LogP contribution in [0.4, 0.5) is 0 Å². The molecule has 6 nitrogen and oxygen atoms in total. The van der Waals surface area contributed by atoms with E-state index in [2.05, 4.69) is 45.5 Å². The average Bonchev–Trinajstić information content (AvgIpc) is 3.69.